The van der Waals surface area contributed by atoms with Gasteiger partial charge in [0.2, 0.25) is 0 Å². The molecule has 1 fully saturated rings. The van der Waals surface area contributed by atoms with E-state index >= 15 is 0 Å². The van der Waals surface area contributed by atoms with E-state index in [1.807, 2.05) is 6.07 Å². The average Bonchev–Trinajstić information content (AvgIpc) is 3.15. The van der Waals surface area contributed by atoms with Crippen molar-refractivity contribution in [3.63, 3.8) is 0 Å². The molecule has 1 aromatic carbocycles. The molecule has 1 saturated heterocycles. The largest absolute Gasteiger partial charge is 0.286 e. The van der Waals surface area contributed by atoms with Crippen molar-refractivity contribution in [1.82, 2.24) is 14.5 Å². The molecule has 0 saturated carbocycles. The molecule has 1 aliphatic heterocycles. The van der Waals surface area contributed by atoms with Crippen molar-refractivity contribution in [1.29, 1.82) is 0 Å². The van der Waals surface area contributed by atoms with E-state index in [-0.39, 0.29) is 5.56 Å². The minimum atomic E-state index is 0.0992. The van der Waals surface area contributed by atoms with Gasteiger partial charge in [-0.15, -0.1) is 11.3 Å². The molecule has 27 heavy (non-hydrogen) atoms. The van der Waals surface area contributed by atoms with Crippen LogP contribution in [0.15, 0.2) is 47.5 Å². The second kappa shape index (κ2) is 8.36. The van der Waals surface area contributed by atoms with Crippen molar-refractivity contribution >= 4 is 21.6 Å². The van der Waals surface area contributed by atoms with Gasteiger partial charge in [-0.05, 0) is 49.7 Å². The van der Waals surface area contributed by atoms with Gasteiger partial charge in [-0.25, -0.2) is 4.98 Å². The molecule has 0 amide bonds. The van der Waals surface area contributed by atoms with E-state index in [1.54, 1.807) is 22.2 Å². The minimum Gasteiger partial charge on any atom is -0.286 e. The number of likely N-dealkylation sites (tertiary alicyclic amines) is 1. The maximum Gasteiger partial charge on any atom is 0.263 e. The number of piperidine rings is 1. The van der Waals surface area contributed by atoms with E-state index in [0.29, 0.717) is 6.67 Å². The smallest absolute Gasteiger partial charge is 0.263 e. The molecule has 142 valence electrons. The maximum atomic E-state index is 12.8. The summed E-state index contributed by atoms with van der Waals surface area (Å²) >= 11 is 1.63. The third kappa shape index (κ3) is 4.30. The Morgan fingerprint density at radius 1 is 1.19 bits per heavy atom. The summed E-state index contributed by atoms with van der Waals surface area (Å²) < 4.78 is 1.78. The van der Waals surface area contributed by atoms with E-state index in [2.05, 4.69) is 47.1 Å². The number of thiophene rings is 1. The summed E-state index contributed by atoms with van der Waals surface area (Å²) in [7, 11) is 0. The van der Waals surface area contributed by atoms with Crippen molar-refractivity contribution < 1.29 is 0 Å². The lowest BCUT2D eigenvalue weighted by atomic mass is 9.91. The van der Waals surface area contributed by atoms with Crippen LogP contribution in [0.2, 0.25) is 0 Å². The predicted octanol–water partition coefficient (Wildman–Crippen LogP) is 4.32. The first kappa shape index (κ1) is 18.4. The fraction of sp³-hybridized carbons (Fsp3) is 0.455. The molecule has 3 aromatic rings. The number of fused-ring (bicyclic) bond motifs is 1. The zero-order chi connectivity index (χ0) is 18.6. The van der Waals surface area contributed by atoms with Crippen molar-refractivity contribution in [3.05, 3.63) is 63.5 Å². The SMILES string of the molecule is CCc1cc2c(=O)n(CN3CCC(CCc4ccccc4)CC3)cnc2s1. The molecule has 2 aromatic heterocycles. The third-order valence-corrected chi connectivity index (χ3v) is 6.85. The van der Waals surface area contributed by atoms with Crippen LogP contribution in [0.4, 0.5) is 0 Å². The van der Waals surface area contributed by atoms with Gasteiger partial charge in [-0.3, -0.25) is 14.3 Å². The lowest BCUT2D eigenvalue weighted by Gasteiger charge is -2.32. The molecule has 0 aliphatic carbocycles. The standard InChI is InChI=1S/C22H27N3OS/c1-2-19-14-20-21(27-19)23-15-25(22(20)26)16-24-12-10-18(11-13-24)9-8-17-6-4-3-5-7-17/h3-7,14-15,18H,2,8-13,16H2,1H3. The second-order valence-electron chi connectivity index (χ2n) is 7.53. The maximum absolute atomic E-state index is 12.8. The van der Waals surface area contributed by atoms with Crippen LogP contribution < -0.4 is 5.56 Å². The van der Waals surface area contributed by atoms with Crippen LogP contribution in [0.5, 0.6) is 0 Å². The molecule has 0 unspecified atom stereocenters. The van der Waals surface area contributed by atoms with Gasteiger partial charge in [-0.1, -0.05) is 37.3 Å². The Kier molecular flexibility index (Phi) is 5.69. The molecule has 0 bridgehead atoms. The number of nitrogens with zero attached hydrogens (tertiary/aromatic N) is 3. The highest BCUT2D eigenvalue weighted by Crippen LogP contribution is 2.23. The summed E-state index contributed by atoms with van der Waals surface area (Å²) in [6, 6.07) is 12.8. The first-order valence-electron chi connectivity index (χ1n) is 9.97. The van der Waals surface area contributed by atoms with E-state index in [0.717, 1.165) is 35.6 Å². The number of rotatable bonds is 6. The van der Waals surface area contributed by atoms with E-state index in [4.69, 9.17) is 0 Å². The average molecular weight is 382 g/mol. The Balaban J connectivity index is 1.33. The van der Waals surface area contributed by atoms with Gasteiger partial charge in [0.15, 0.2) is 0 Å². The summed E-state index contributed by atoms with van der Waals surface area (Å²) in [5.74, 6) is 0.794. The van der Waals surface area contributed by atoms with Crippen LogP contribution >= 0.6 is 11.3 Å². The monoisotopic (exact) mass is 381 g/mol. The van der Waals surface area contributed by atoms with Crippen molar-refractivity contribution in [2.75, 3.05) is 13.1 Å². The van der Waals surface area contributed by atoms with Gasteiger partial charge < -0.3 is 0 Å². The van der Waals surface area contributed by atoms with Crippen LogP contribution in [0.25, 0.3) is 10.2 Å². The van der Waals surface area contributed by atoms with Gasteiger partial charge in [0.25, 0.3) is 5.56 Å². The highest BCUT2D eigenvalue weighted by Gasteiger charge is 2.20. The lowest BCUT2D eigenvalue weighted by Crippen LogP contribution is -2.38. The Morgan fingerprint density at radius 3 is 2.70 bits per heavy atom. The summed E-state index contributed by atoms with van der Waals surface area (Å²) in [6.45, 7) is 4.90. The zero-order valence-electron chi connectivity index (χ0n) is 15.9. The van der Waals surface area contributed by atoms with Crippen LogP contribution in [0, 0.1) is 5.92 Å². The number of aromatic nitrogens is 2. The molecule has 3 heterocycles. The van der Waals surface area contributed by atoms with Crippen molar-refractivity contribution in [3.8, 4) is 0 Å². The fourth-order valence-electron chi connectivity index (χ4n) is 3.93. The Morgan fingerprint density at radius 2 is 1.96 bits per heavy atom. The quantitative estimate of drug-likeness (QED) is 0.638. The Hall–Kier alpha value is -1.98. The van der Waals surface area contributed by atoms with Crippen LogP contribution in [-0.2, 0) is 19.5 Å². The molecule has 4 rings (SSSR count). The van der Waals surface area contributed by atoms with E-state index < -0.39 is 0 Å². The van der Waals surface area contributed by atoms with Gasteiger partial charge >= 0.3 is 0 Å². The number of hydrogen-bond donors (Lipinski definition) is 0. The lowest BCUT2D eigenvalue weighted by molar-refractivity contribution is 0.142. The van der Waals surface area contributed by atoms with Gasteiger partial charge in [0, 0.05) is 18.0 Å². The normalized spacial score (nSPS) is 16.2. The molecular weight excluding hydrogens is 354 g/mol. The highest BCUT2D eigenvalue weighted by atomic mass is 32.1. The molecule has 1 aliphatic rings. The zero-order valence-corrected chi connectivity index (χ0v) is 16.8. The van der Waals surface area contributed by atoms with Crippen molar-refractivity contribution in [2.45, 2.75) is 45.7 Å². The van der Waals surface area contributed by atoms with Gasteiger partial charge in [-0.2, -0.15) is 0 Å². The minimum absolute atomic E-state index is 0.0992. The molecule has 5 heteroatoms. The van der Waals surface area contributed by atoms with Crippen LogP contribution in [0.3, 0.4) is 0 Å². The van der Waals surface area contributed by atoms with Crippen LogP contribution in [0.1, 0.15) is 36.6 Å². The number of aryl methyl sites for hydroxylation is 2. The molecule has 0 N–H and O–H groups in total. The fourth-order valence-corrected chi connectivity index (χ4v) is 4.86. The van der Waals surface area contributed by atoms with E-state index in [9.17, 15) is 4.79 Å². The molecule has 0 spiro atoms. The van der Waals surface area contributed by atoms with Crippen molar-refractivity contribution in [2.24, 2.45) is 5.92 Å². The second-order valence-corrected chi connectivity index (χ2v) is 8.65. The summed E-state index contributed by atoms with van der Waals surface area (Å²) in [6.07, 6.45) is 7.55. The molecule has 4 nitrogen and oxygen atoms in total. The molecular formula is C22H27N3OS. The van der Waals surface area contributed by atoms with Gasteiger partial charge in [0.05, 0.1) is 12.1 Å². The molecule has 0 atom stereocenters. The third-order valence-electron chi connectivity index (χ3n) is 5.66. The summed E-state index contributed by atoms with van der Waals surface area (Å²) in [5.41, 5.74) is 1.54. The van der Waals surface area contributed by atoms with Gasteiger partial charge in [0.1, 0.15) is 11.2 Å². The predicted molar refractivity (Wildman–Crippen MR) is 112 cm³/mol. The number of benzene rings is 1. The summed E-state index contributed by atoms with van der Waals surface area (Å²) in [5, 5.41) is 0.775. The first-order valence-corrected chi connectivity index (χ1v) is 10.8. The number of hydrogen-bond acceptors (Lipinski definition) is 4. The highest BCUT2D eigenvalue weighted by molar-refractivity contribution is 7.18. The summed E-state index contributed by atoms with van der Waals surface area (Å²) in [4.78, 5) is 21.8. The van der Waals surface area contributed by atoms with Crippen LogP contribution in [-0.4, -0.2) is 27.5 Å². The Bertz CT molecular complexity index is 939. The topological polar surface area (TPSA) is 38.1 Å². The van der Waals surface area contributed by atoms with E-state index in [1.165, 1.54) is 36.1 Å². The molecule has 0 radical (unpaired) electrons. The Labute approximate surface area is 164 Å². The first-order chi connectivity index (χ1) is 13.2.